The SMILES string of the molecule is CSCC[C@H]1CN(Cc2cnc[nH]2)c2ccccc2CN1Cc1cccc2ccccc12.Cl. The molecule has 2 heterocycles. The number of imidazole rings is 1. The molecule has 0 amide bonds. The molecule has 1 aromatic heterocycles. The van der Waals surface area contributed by atoms with Crippen LogP contribution in [0.25, 0.3) is 10.8 Å². The van der Waals surface area contributed by atoms with Crippen LogP contribution in [-0.4, -0.2) is 39.5 Å². The van der Waals surface area contributed by atoms with Crippen molar-refractivity contribution in [1.82, 2.24) is 14.9 Å². The second-order valence-corrected chi connectivity index (χ2v) is 9.55. The van der Waals surface area contributed by atoms with Gasteiger partial charge < -0.3 is 9.88 Å². The second-order valence-electron chi connectivity index (χ2n) is 8.56. The molecule has 0 unspecified atom stereocenters. The van der Waals surface area contributed by atoms with Crippen LogP contribution in [0.3, 0.4) is 0 Å². The number of nitrogens with zero attached hydrogens (tertiary/aromatic N) is 3. The molecule has 1 atom stereocenters. The van der Waals surface area contributed by atoms with Gasteiger partial charge in [-0.15, -0.1) is 12.4 Å². The van der Waals surface area contributed by atoms with E-state index in [2.05, 4.69) is 92.8 Å². The molecule has 0 bridgehead atoms. The van der Waals surface area contributed by atoms with E-state index in [1.807, 2.05) is 18.0 Å². The number of halogens is 1. The lowest BCUT2D eigenvalue weighted by atomic mass is 10.0. The molecule has 0 saturated carbocycles. The molecule has 1 aliphatic rings. The molecule has 4 aromatic rings. The minimum atomic E-state index is 0. The molecular formula is C27H31ClN4S. The van der Waals surface area contributed by atoms with Crippen LogP contribution in [-0.2, 0) is 19.6 Å². The second kappa shape index (κ2) is 11.1. The van der Waals surface area contributed by atoms with E-state index in [-0.39, 0.29) is 12.4 Å². The van der Waals surface area contributed by atoms with Crippen molar-refractivity contribution in [2.75, 3.05) is 23.5 Å². The summed E-state index contributed by atoms with van der Waals surface area (Å²) in [5.74, 6) is 1.17. The van der Waals surface area contributed by atoms with Gasteiger partial charge in [0, 0.05) is 37.6 Å². The first-order chi connectivity index (χ1) is 15.8. The molecular weight excluding hydrogens is 448 g/mol. The Hall–Kier alpha value is -2.47. The van der Waals surface area contributed by atoms with Gasteiger partial charge in [0.2, 0.25) is 0 Å². The van der Waals surface area contributed by atoms with E-state index in [0.29, 0.717) is 6.04 Å². The summed E-state index contributed by atoms with van der Waals surface area (Å²) < 4.78 is 0. The van der Waals surface area contributed by atoms with Crippen molar-refractivity contribution in [3.8, 4) is 0 Å². The molecule has 6 heteroatoms. The molecule has 5 rings (SSSR count). The molecule has 0 fully saturated rings. The van der Waals surface area contributed by atoms with Gasteiger partial charge in [0.15, 0.2) is 0 Å². The summed E-state index contributed by atoms with van der Waals surface area (Å²) in [6, 6.07) is 24.9. The highest BCUT2D eigenvalue weighted by Crippen LogP contribution is 2.31. The van der Waals surface area contributed by atoms with Crippen LogP contribution in [0.4, 0.5) is 5.69 Å². The maximum absolute atomic E-state index is 4.24. The van der Waals surface area contributed by atoms with Crippen LogP contribution in [0.5, 0.6) is 0 Å². The average Bonchev–Trinajstić information content (AvgIpc) is 3.29. The van der Waals surface area contributed by atoms with Crippen molar-refractivity contribution in [2.45, 2.75) is 32.1 Å². The van der Waals surface area contributed by atoms with E-state index in [1.54, 1.807) is 6.33 Å². The Morgan fingerprint density at radius 1 is 1.00 bits per heavy atom. The lowest BCUT2D eigenvalue weighted by molar-refractivity contribution is 0.182. The summed E-state index contributed by atoms with van der Waals surface area (Å²) in [6.07, 6.45) is 7.11. The van der Waals surface area contributed by atoms with Crippen LogP contribution in [0.1, 0.15) is 23.2 Å². The van der Waals surface area contributed by atoms with Crippen LogP contribution >= 0.6 is 24.2 Å². The monoisotopic (exact) mass is 478 g/mol. The van der Waals surface area contributed by atoms with Gasteiger partial charge in [-0.05, 0) is 46.4 Å². The zero-order valence-electron chi connectivity index (χ0n) is 19.0. The minimum absolute atomic E-state index is 0. The van der Waals surface area contributed by atoms with Crippen LogP contribution in [0, 0.1) is 0 Å². The van der Waals surface area contributed by atoms with Gasteiger partial charge in [0.1, 0.15) is 0 Å². The quantitative estimate of drug-likeness (QED) is 0.346. The lowest BCUT2D eigenvalue weighted by Crippen LogP contribution is -2.41. The van der Waals surface area contributed by atoms with Crippen LogP contribution in [0.2, 0.25) is 0 Å². The van der Waals surface area contributed by atoms with Gasteiger partial charge in [0.25, 0.3) is 0 Å². The van der Waals surface area contributed by atoms with E-state index < -0.39 is 0 Å². The predicted octanol–water partition coefficient (Wildman–Crippen LogP) is 6.13. The highest BCUT2D eigenvalue weighted by Gasteiger charge is 2.28. The molecule has 0 spiro atoms. The zero-order chi connectivity index (χ0) is 21.8. The molecule has 1 N–H and O–H groups in total. The standard InChI is InChI=1S/C27H30N4S.ClH/c1-32-14-13-25-19-31(18-24-15-28-20-29-24)27-12-5-3-8-23(27)17-30(25)16-22-10-6-9-21-7-2-4-11-26(21)22;/h2-12,15,20,25H,13-14,16-19H2,1H3,(H,28,29);1H/t25-;/m0./s1. The number of anilines is 1. The average molecular weight is 479 g/mol. The first-order valence-electron chi connectivity index (χ1n) is 11.3. The van der Waals surface area contributed by atoms with Crippen molar-refractivity contribution >= 4 is 40.6 Å². The van der Waals surface area contributed by atoms with Gasteiger partial charge in [-0.2, -0.15) is 11.8 Å². The number of aromatic nitrogens is 2. The molecule has 172 valence electrons. The number of rotatable bonds is 7. The van der Waals surface area contributed by atoms with Crippen molar-refractivity contribution < 1.29 is 0 Å². The van der Waals surface area contributed by atoms with Gasteiger partial charge in [-0.3, -0.25) is 4.90 Å². The predicted molar refractivity (Wildman–Crippen MR) is 143 cm³/mol. The Labute approximate surface area is 206 Å². The number of benzene rings is 3. The third-order valence-electron chi connectivity index (χ3n) is 6.48. The number of para-hydroxylation sites is 1. The Morgan fingerprint density at radius 2 is 1.82 bits per heavy atom. The van der Waals surface area contributed by atoms with Crippen molar-refractivity contribution in [3.05, 3.63) is 96.1 Å². The van der Waals surface area contributed by atoms with E-state index in [0.717, 1.165) is 31.9 Å². The molecule has 1 aliphatic heterocycles. The summed E-state index contributed by atoms with van der Waals surface area (Å²) >= 11 is 1.94. The van der Waals surface area contributed by atoms with Crippen LogP contribution in [0.15, 0.2) is 79.3 Å². The summed E-state index contributed by atoms with van der Waals surface area (Å²) in [4.78, 5) is 12.8. The summed E-state index contributed by atoms with van der Waals surface area (Å²) in [5.41, 5.74) is 5.32. The normalized spacial score (nSPS) is 16.3. The Balaban J connectivity index is 0.00000259. The maximum atomic E-state index is 4.24. The molecule has 3 aromatic carbocycles. The van der Waals surface area contributed by atoms with Crippen molar-refractivity contribution in [2.24, 2.45) is 0 Å². The largest absolute Gasteiger partial charge is 0.364 e. The van der Waals surface area contributed by atoms with Gasteiger partial charge in [0.05, 0.1) is 18.6 Å². The first-order valence-corrected chi connectivity index (χ1v) is 12.7. The minimum Gasteiger partial charge on any atom is -0.364 e. The van der Waals surface area contributed by atoms with Crippen LogP contribution < -0.4 is 4.90 Å². The third kappa shape index (κ3) is 5.37. The molecule has 4 nitrogen and oxygen atoms in total. The first kappa shape index (κ1) is 23.7. The highest BCUT2D eigenvalue weighted by atomic mass is 35.5. The third-order valence-corrected chi connectivity index (χ3v) is 7.12. The fraction of sp³-hybridized carbons (Fsp3) is 0.296. The molecule has 0 saturated heterocycles. The van der Waals surface area contributed by atoms with Crippen molar-refractivity contribution in [1.29, 1.82) is 0 Å². The number of nitrogens with one attached hydrogen (secondary N) is 1. The summed E-state index contributed by atoms with van der Waals surface area (Å²) in [6.45, 7) is 3.81. The molecule has 33 heavy (non-hydrogen) atoms. The number of hydrogen-bond acceptors (Lipinski definition) is 4. The number of aromatic amines is 1. The Kier molecular flexibility index (Phi) is 7.97. The number of thioether (sulfide) groups is 1. The smallest absolute Gasteiger partial charge is 0.0922 e. The number of fused-ring (bicyclic) bond motifs is 2. The molecule has 0 radical (unpaired) electrons. The number of H-pyrrole nitrogens is 1. The highest BCUT2D eigenvalue weighted by molar-refractivity contribution is 7.98. The van der Waals surface area contributed by atoms with Gasteiger partial charge in [-0.1, -0.05) is 60.7 Å². The van der Waals surface area contributed by atoms with E-state index in [4.69, 9.17) is 0 Å². The Bertz CT molecular complexity index is 1160. The van der Waals surface area contributed by atoms with E-state index in [9.17, 15) is 0 Å². The van der Waals surface area contributed by atoms with E-state index in [1.165, 1.54) is 39.8 Å². The topological polar surface area (TPSA) is 35.2 Å². The van der Waals surface area contributed by atoms with E-state index >= 15 is 0 Å². The lowest BCUT2D eigenvalue weighted by Gasteiger charge is -2.33. The summed E-state index contributed by atoms with van der Waals surface area (Å²) in [7, 11) is 0. The number of hydrogen-bond donors (Lipinski definition) is 1. The van der Waals surface area contributed by atoms with Crippen molar-refractivity contribution in [3.63, 3.8) is 0 Å². The van der Waals surface area contributed by atoms with Gasteiger partial charge >= 0.3 is 0 Å². The fourth-order valence-corrected chi connectivity index (χ4v) is 5.37. The Morgan fingerprint density at radius 3 is 2.67 bits per heavy atom. The maximum Gasteiger partial charge on any atom is 0.0922 e. The summed E-state index contributed by atoms with van der Waals surface area (Å²) in [5, 5.41) is 2.69. The molecule has 0 aliphatic carbocycles. The fourth-order valence-electron chi connectivity index (χ4n) is 4.86. The van der Waals surface area contributed by atoms with Gasteiger partial charge in [-0.25, -0.2) is 4.98 Å². The zero-order valence-corrected chi connectivity index (χ0v) is 20.6.